The van der Waals surface area contributed by atoms with Crippen molar-refractivity contribution < 1.29 is 18.6 Å². The largest absolute Gasteiger partial charge is 0.493 e. The number of methoxy groups -OCH3 is 2. The molecule has 0 aliphatic rings. The summed E-state index contributed by atoms with van der Waals surface area (Å²) in [7, 11) is 3.01. The van der Waals surface area contributed by atoms with Gasteiger partial charge in [0.2, 0.25) is 0 Å². The van der Waals surface area contributed by atoms with Crippen LogP contribution in [0.2, 0.25) is 0 Å². The molecular weight excluding hydrogens is 350 g/mol. The first-order valence-corrected chi connectivity index (χ1v) is 8.42. The predicted molar refractivity (Wildman–Crippen MR) is 100 cm³/mol. The molecule has 1 heterocycles. The lowest BCUT2D eigenvalue weighted by molar-refractivity contribution is 0.282. The standard InChI is InChI=1S/C19H21N3O5/c1-4-26-17-11-13(5-10-16(17)24-2)12-20-14-6-8-15(9-7-14)22-19(23)27-18(21-22)25-3/h5-11,20H,4,12H2,1-3H3. The lowest BCUT2D eigenvalue weighted by atomic mass is 10.2. The topological polar surface area (TPSA) is 87.8 Å². The van der Waals surface area contributed by atoms with Crippen LogP contribution in [0.5, 0.6) is 17.6 Å². The van der Waals surface area contributed by atoms with Crippen molar-refractivity contribution in [1.29, 1.82) is 0 Å². The zero-order valence-electron chi connectivity index (χ0n) is 15.4. The molecule has 0 saturated carbocycles. The molecule has 1 N–H and O–H groups in total. The van der Waals surface area contributed by atoms with Gasteiger partial charge in [-0.3, -0.25) is 0 Å². The van der Waals surface area contributed by atoms with Gasteiger partial charge in [-0.05, 0) is 48.9 Å². The highest BCUT2D eigenvalue weighted by atomic mass is 16.6. The van der Waals surface area contributed by atoms with Crippen molar-refractivity contribution in [2.75, 3.05) is 26.1 Å². The SMILES string of the molecule is CCOc1cc(CNc2ccc(-n3nc(OC)oc3=O)cc2)ccc1OC. The summed E-state index contributed by atoms with van der Waals surface area (Å²) in [5.74, 6) is 0.821. The van der Waals surface area contributed by atoms with Crippen LogP contribution in [0.15, 0.2) is 51.7 Å². The van der Waals surface area contributed by atoms with Gasteiger partial charge in [0.25, 0.3) is 0 Å². The van der Waals surface area contributed by atoms with Gasteiger partial charge >= 0.3 is 11.8 Å². The van der Waals surface area contributed by atoms with E-state index >= 15 is 0 Å². The van der Waals surface area contributed by atoms with Crippen molar-refractivity contribution in [3.05, 3.63) is 58.6 Å². The maximum absolute atomic E-state index is 11.7. The van der Waals surface area contributed by atoms with Crippen LogP contribution < -0.4 is 25.3 Å². The Morgan fingerprint density at radius 3 is 2.48 bits per heavy atom. The number of aromatic nitrogens is 2. The smallest absolute Gasteiger partial charge is 0.444 e. The van der Waals surface area contributed by atoms with Gasteiger partial charge < -0.3 is 23.9 Å². The van der Waals surface area contributed by atoms with E-state index in [0.717, 1.165) is 15.9 Å². The zero-order valence-corrected chi connectivity index (χ0v) is 15.4. The van der Waals surface area contributed by atoms with Crippen molar-refractivity contribution >= 4 is 5.69 Å². The first kappa shape index (κ1) is 18.4. The minimum atomic E-state index is -0.603. The summed E-state index contributed by atoms with van der Waals surface area (Å²) in [5.41, 5.74) is 2.54. The Morgan fingerprint density at radius 1 is 1.07 bits per heavy atom. The number of nitrogens with one attached hydrogen (secondary N) is 1. The van der Waals surface area contributed by atoms with Gasteiger partial charge in [0.15, 0.2) is 11.5 Å². The summed E-state index contributed by atoms with van der Waals surface area (Å²) >= 11 is 0. The zero-order chi connectivity index (χ0) is 19.2. The summed E-state index contributed by atoms with van der Waals surface area (Å²) in [4.78, 5) is 11.7. The molecule has 0 atom stereocenters. The number of hydrogen-bond donors (Lipinski definition) is 1. The number of benzene rings is 2. The van der Waals surface area contributed by atoms with Gasteiger partial charge in [-0.25, -0.2) is 4.79 Å². The third-order valence-corrected chi connectivity index (χ3v) is 3.84. The van der Waals surface area contributed by atoms with Crippen molar-refractivity contribution in [3.63, 3.8) is 0 Å². The molecule has 8 heteroatoms. The van der Waals surface area contributed by atoms with E-state index in [1.807, 2.05) is 37.3 Å². The number of hydrogen-bond acceptors (Lipinski definition) is 7. The van der Waals surface area contributed by atoms with Crippen LogP contribution in [0.1, 0.15) is 12.5 Å². The van der Waals surface area contributed by atoms with Crippen LogP contribution in [0.4, 0.5) is 5.69 Å². The molecule has 3 rings (SSSR count). The van der Waals surface area contributed by atoms with Crippen LogP contribution in [-0.2, 0) is 6.54 Å². The molecule has 1 aromatic heterocycles. The third kappa shape index (κ3) is 4.22. The molecule has 0 spiro atoms. The molecular formula is C19H21N3O5. The Bertz CT molecular complexity index is 947. The van der Waals surface area contributed by atoms with E-state index in [1.54, 1.807) is 19.2 Å². The molecule has 0 unspecified atom stereocenters. The van der Waals surface area contributed by atoms with Gasteiger partial charge in [0.05, 0.1) is 26.5 Å². The van der Waals surface area contributed by atoms with Gasteiger partial charge in [-0.1, -0.05) is 11.2 Å². The molecule has 0 fully saturated rings. The van der Waals surface area contributed by atoms with E-state index in [9.17, 15) is 4.79 Å². The van der Waals surface area contributed by atoms with Crippen molar-refractivity contribution in [2.24, 2.45) is 0 Å². The van der Waals surface area contributed by atoms with Crippen molar-refractivity contribution in [1.82, 2.24) is 9.78 Å². The molecule has 0 radical (unpaired) electrons. The molecule has 142 valence electrons. The molecule has 27 heavy (non-hydrogen) atoms. The lowest BCUT2D eigenvalue weighted by Gasteiger charge is -2.12. The van der Waals surface area contributed by atoms with Gasteiger partial charge in [0, 0.05) is 12.2 Å². The van der Waals surface area contributed by atoms with Crippen LogP contribution in [0.25, 0.3) is 5.69 Å². The summed E-state index contributed by atoms with van der Waals surface area (Å²) in [5, 5.41) is 7.26. The molecule has 2 aromatic carbocycles. The van der Waals surface area contributed by atoms with Gasteiger partial charge in [-0.15, -0.1) is 0 Å². The lowest BCUT2D eigenvalue weighted by Crippen LogP contribution is -2.13. The highest BCUT2D eigenvalue weighted by Crippen LogP contribution is 2.28. The van der Waals surface area contributed by atoms with Crippen molar-refractivity contribution in [3.8, 4) is 23.3 Å². The number of anilines is 1. The highest BCUT2D eigenvalue weighted by Gasteiger charge is 2.10. The molecule has 8 nitrogen and oxygen atoms in total. The molecule has 0 bridgehead atoms. The summed E-state index contributed by atoms with van der Waals surface area (Å²) in [6.45, 7) is 3.11. The third-order valence-electron chi connectivity index (χ3n) is 3.84. The Hall–Kier alpha value is -3.42. The number of rotatable bonds is 8. The van der Waals surface area contributed by atoms with E-state index in [-0.39, 0.29) is 6.08 Å². The maximum atomic E-state index is 11.7. The van der Waals surface area contributed by atoms with E-state index < -0.39 is 5.76 Å². The minimum Gasteiger partial charge on any atom is -0.493 e. The fourth-order valence-corrected chi connectivity index (χ4v) is 2.53. The fourth-order valence-electron chi connectivity index (χ4n) is 2.53. The van der Waals surface area contributed by atoms with Gasteiger partial charge in [-0.2, -0.15) is 4.68 Å². The predicted octanol–water partition coefficient (Wildman–Crippen LogP) is 2.85. The van der Waals surface area contributed by atoms with Gasteiger partial charge in [0.1, 0.15) is 0 Å². The Morgan fingerprint density at radius 2 is 1.85 bits per heavy atom. The second-order valence-electron chi connectivity index (χ2n) is 5.57. The second kappa shape index (κ2) is 8.31. The first-order valence-electron chi connectivity index (χ1n) is 8.42. The number of ether oxygens (including phenoxy) is 3. The molecule has 3 aromatic rings. The minimum absolute atomic E-state index is 0.0770. The van der Waals surface area contributed by atoms with E-state index in [4.69, 9.17) is 18.6 Å². The van der Waals surface area contributed by atoms with E-state index in [2.05, 4.69) is 10.4 Å². The average Bonchev–Trinajstić information content (AvgIpc) is 3.08. The first-order chi connectivity index (χ1) is 13.1. The quantitative estimate of drug-likeness (QED) is 0.651. The molecule has 0 aliphatic carbocycles. The van der Waals surface area contributed by atoms with Crippen LogP contribution in [-0.4, -0.2) is 30.6 Å². The van der Waals surface area contributed by atoms with Crippen LogP contribution in [0.3, 0.4) is 0 Å². The Kier molecular flexibility index (Phi) is 5.65. The Balaban J connectivity index is 1.69. The summed E-state index contributed by atoms with van der Waals surface area (Å²) < 4.78 is 21.7. The molecule has 0 saturated heterocycles. The van der Waals surface area contributed by atoms with E-state index in [0.29, 0.717) is 30.3 Å². The van der Waals surface area contributed by atoms with Crippen LogP contribution >= 0.6 is 0 Å². The average molecular weight is 371 g/mol. The summed E-state index contributed by atoms with van der Waals surface area (Å²) in [6, 6.07) is 13.1. The van der Waals surface area contributed by atoms with Crippen molar-refractivity contribution in [2.45, 2.75) is 13.5 Å². The summed E-state index contributed by atoms with van der Waals surface area (Å²) in [6.07, 6.45) is -0.0770. The normalized spacial score (nSPS) is 10.5. The molecule has 0 aliphatic heterocycles. The number of nitrogens with zero attached hydrogens (tertiary/aromatic N) is 2. The second-order valence-corrected chi connectivity index (χ2v) is 5.57. The maximum Gasteiger partial charge on any atom is 0.444 e. The fraction of sp³-hybridized carbons (Fsp3) is 0.263. The highest BCUT2D eigenvalue weighted by molar-refractivity contribution is 5.50. The molecule has 0 amide bonds. The monoisotopic (exact) mass is 371 g/mol. The Labute approximate surface area is 156 Å². The van der Waals surface area contributed by atoms with Crippen LogP contribution in [0, 0.1) is 0 Å². The van der Waals surface area contributed by atoms with E-state index in [1.165, 1.54) is 7.11 Å².